The zero-order valence-electron chi connectivity index (χ0n) is 15.4. The van der Waals surface area contributed by atoms with Gasteiger partial charge in [0, 0.05) is 37.1 Å². The molecule has 0 bridgehead atoms. The van der Waals surface area contributed by atoms with Gasteiger partial charge in [0.05, 0.1) is 4.92 Å². The maximum atomic E-state index is 11.8. The van der Waals surface area contributed by atoms with Crippen LogP contribution in [0.25, 0.3) is 0 Å². The van der Waals surface area contributed by atoms with Crippen LogP contribution >= 0.6 is 11.8 Å². The van der Waals surface area contributed by atoms with Gasteiger partial charge in [-0.25, -0.2) is 0 Å². The second kappa shape index (κ2) is 11.2. The molecule has 0 saturated carbocycles. The second-order valence-electron chi connectivity index (χ2n) is 6.19. The smallest absolute Gasteiger partial charge is 0.292 e. The van der Waals surface area contributed by atoms with Gasteiger partial charge in [0.1, 0.15) is 5.69 Å². The monoisotopic (exact) mass is 387 g/mol. The Morgan fingerprint density at radius 3 is 2.59 bits per heavy atom. The quantitative estimate of drug-likeness (QED) is 0.344. The Balaban J connectivity index is 1.55. The van der Waals surface area contributed by atoms with Crippen molar-refractivity contribution in [1.82, 2.24) is 5.32 Å². The zero-order valence-corrected chi connectivity index (χ0v) is 16.3. The van der Waals surface area contributed by atoms with Gasteiger partial charge in [0.25, 0.3) is 5.69 Å². The first-order chi connectivity index (χ1) is 13.1. The highest BCUT2D eigenvalue weighted by Gasteiger charge is 2.11. The number of hydrogen-bond acceptors (Lipinski definition) is 5. The Kier molecular flexibility index (Phi) is 8.64. The molecule has 0 spiro atoms. The van der Waals surface area contributed by atoms with Gasteiger partial charge in [0.15, 0.2) is 0 Å². The van der Waals surface area contributed by atoms with E-state index in [9.17, 15) is 14.9 Å². The molecule has 2 aromatic carbocycles. The van der Waals surface area contributed by atoms with Gasteiger partial charge in [-0.2, -0.15) is 11.8 Å². The largest absolute Gasteiger partial charge is 0.379 e. The molecular weight excluding hydrogens is 362 g/mol. The third-order valence-corrected chi connectivity index (χ3v) is 4.98. The number of thioether (sulfide) groups is 1. The van der Waals surface area contributed by atoms with Crippen molar-refractivity contribution >= 4 is 29.0 Å². The standard InChI is InChI=1S/C20H25N3O3S/c1-16-8-10-17(11-9-16)15-27-14-13-22-20(24)7-4-12-21-18-5-2-3-6-19(18)23(25)26/h2-3,5-6,8-11,21H,4,7,12-15H2,1H3,(H,22,24). The summed E-state index contributed by atoms with van der Waals surface area (Å²) in [6.07, 6.45) is 1.02. The summed E-state index contributed by atoms with van der Waals surface area (Å²) >= 11 is 1.79. The van der Waals surface area contributed by atoms with Crippen LogP contribution in [0.5, 0.6) is 0 Å². The maximum Gasteiger partial charge on any atom is 0.292 e. The van der Waals surface area contributed by atoms with E-state index in [2.05, 4.69) is 41.8 Å². The van der Waals surface area contributed by atoms with Crippen molar-refractivity contribution in [2.45, 2.75) is 25.5 Å². The molecule has 0 aliphatic rings. The summed E-state index contributed by atoms with van der Waals surface area (Å²) in [4.78, 5) is 22.4. The molecule has 0 fully saturated rings. The fourth-order valence-electron chi connectivity index (χ4n) is 2.48. The highest BCUT2D eigenvalue weighted by Crippen LogP contribution is 2.22. The molecule has 0 aliphatic heterocycles. The molecule has 0 aliphatic carbocycles. The van der Waals surface area contributed by atoms with Crippen molar-refractivity contribution < 1.29 is 9.72 Å². The summed E-state index contributed by atoms with van der Waals surface area (Å²) in [5.41, 5.74) is 3.08. The minimum Gasteiger partial charge on any atom is -0.379 e. The number of anilines is 1. The third kappa shape index (κ3) is 7.70. The second-order valence-corrected chi connectivity index (χ2v) is 7.30. The number of benzene rings is 2. The molecular formula is C20H25N3O3S. The molecule has 144 valence electrons. The normalized spacial score (nSPS) is 10.4. The molecule has 0 radical (unpaired) electrons. The summed E-state index contributed by atoms with van der Waals surface area (Å²) in [5.74, 6) is 1.82. The van der Waals surface area contributed by atoms with Crippen LogP contribution in [0.4, 0.5) is 11.4 Å². The summed E-state index contributed by atoms with van der Waals surface area (Å²) in [6, 6.07) is 15.0. The number of nitro groups is 1. The Hall–Kier alpha value is -2.54. The number of para-hydroxylation sites is 2. The lowest BCUT2D eigenvalue weighted by Gasteiger charge is -2.08. The summed E-state index contributed by atoms with van der Waals surface area (Å²) in [6.45, 7) is 3.23. The molecule has 2 aromatic rings. The Labute approximate surface area is 163 Å². The van der Waals surface area contributed by atoms with Crippen molar-refractivity contribution in [2.75, 3.05) is 24.2 Å². The molecule has 7 heteroatoms. The highest BCUT2D eigenvalue weighted by molar-refractivity contribution is 7.98. The Bertz CT molecular complexity index is 750. The highest BCUT2D eigenvalue weighted by atomic mass is 32.2. The van der Waals surface area contributed by atoms with E-state index in [-0.39, 0.29) is 11.6 Å². The maximum absolute atomic E-state index is 11.8. The van der Waals surface area contributed by atoms with Crippen LogP contribution in [0, 0.1) is 17.0 Å². The number of nitro benzene ring substituents is 1. The van der Waals surface area contributed by atoms with Gasteiger partial charge in [-0.1, -0.05) is 42.0 Å². The van der Waals surface area contributed by atoms with E-state index in [1.165, 1.54) is 17.2 Å². The van der Waals surface area contributed by atoms with Crippen LogP contribution in [0.2, 0.25) is 0 Å². The summed E-state index contributed by atoms with van der Waals surface area (Å²) in [5, 5.41) is 16.9. The first-order valence-electron chi connectivity index (χ1n) is 8.93. The van der Waals surface area contributed by atoms with Crippen LogP contribution in [0.15, 0.2) is 48.5 Å². The number of hydrogen-bond donors (Lipinski definition) is 2. The average Bonchev–Trinajstić information content (AvgIpc) is 2.66. The van der Waals surface area contributed by atoms with E-state index in [4.69, 9.17) is 0 Å². The van der Waals surface area contributed by atoms with Crippen molar-refractivity contribution in [1.29, 1.82) is 0 Å². The van der Waals surface area contributed by atoms with Crippen LogP contribution in [-0.2, 0) is 10.5 Å². The fourth-order valence-corrected chi connectivity index (χ4v) is 3.30. The topological polar surface area (TPSA) is 84.3 Å². The van der Waals surface area contributed by atoms with E-state index in [1.54, 1.807) is 30.0 Å². The zero-order chi connectivity index (χ0) is 19.5. The van der Waals surface area contributed by atoms with Gasteiger partial charge >= 0.3 is 0 Å². The lowest BCUT2D eigenvalue weighted by Crippen LogP contribution is -2.26. The predicted octanol–water partition coefficient (Wildman–Crippen LogP) is 4.14. The van der Waals surface area contributed by atoms with Crippen molar-refractivity contribution in [3.8, 4) is 0 Å². The summed E-state index contributed by atoms with van der Waals surface area (Å²) in [7, 11) is 0. The van der Waals surface area contributed by atoms with Gasteiger partial charge in [-0.05, 0) is 25.0 Å². The van der Waals surface area contributed by atoms with Gasteiger partial charge < -0.3 is 10.6 Å². The molecule has 0 aromatic heterocycles. The molecule has 27 heavy (non-hydrogen) atoms. The minimum atomic E-state index is -0.413. The van der Waals surface area contributed by atoms with Gasteiger partial charge in [-0.3, -0.25) is 14.9 Å². The van der Waals surface area contributed by atoms with E-state index < -0.39 is 4.92 Å². The number of nitrogens with zero attached hydrogens (tertiary/aromatic N) is 1. The van der Waals surface area contributed by atoms with Crippen LogP contribution in [0.3, 0.4) is 0 Å². The van der Waals surface area contributed by atoms with Gasteiger partial charge in [0.2, 0.25) is 5.91 Å². The Morgan fingerprint density at radius 2 is 1.85 bits per heavy atom. The number of carbonyl (C=O) groups excluding carboxylic acids is 1. The van der Waals surface area contributed by atoms with Crippen molar-refractivity contribution in [3.05, 3.63) is 69.8 Å². The number of rotatable bonds is 11. The average molecular weight is 388 g/mol. The van der Waals surface area contributed by atoms with Crippen molar-refractivity contribution in [3.63, 3.8) is 0 Å². The Morgan fingerprint density at radius 1 is 1.11 bits per heavy atom. The molecule has 2 N–H and O–H groups in total. The number of aryl methyl sites for hydroxylation is 1. The molecule has 0 saturated heterocycles. The minimum absolute atomic E-state index is 0.00953. The molecule has 1 amide bonds. The molecule has 6 nitrogen and oxygen atoms in total. The number of amides is 1. The lowest BCUT2D eigenvalue weighted by molar-refractivity contribution is -0.384. The lowest BCUT2D eigenvalue weighted by atomic mass is 10.2. The van der Waals surface area contributed by atoms with E-state index in [1.807, 2.05) is 0 Å². The first-order valence-corrected chi connectivity index (χ1v) is 10.1. The van der Waals surface area contributed by atoms with E-state index in [0.717, 1.165) is 11.5 Å². The van der Waals surface area contributed by atoms with Gasteiger partial charge in [-0.15, -0.1) is 0 Å². The SMILES string of the molecule is Cc1ccc(CSCCNC(=O)CCCNc2ccccc2[N+](=O)[O-])cc1. The fraction of sp³-hybridized carbons (Fsp3) is 0.350. The van der Waals surface area contributed by atoms with Crippen molar-refractivity contribution in [2.24, 2.45) is 0 Å². The molecule has 0 atom stereocenters. The van der Waals surface area contributed by atoms with E-state index in [0.29, 0.717) is 31.6 Å². The van der Waals surface area contributed by atoms with Crippen LogP contribution in [-0.4, -0.2) is 29.7 Å². The molecule has 0 heterocycles. The van der Waals surface area contributed by atoms with E-state index >= 15 is 0 Å². The molecule has 0 unspecified atom stereocenters. The summed E-state index contributed by atoms with van der Waals surface area (Å²) < 4.78 is 0. The van der Waals surface area contributed by atoms with Crippen LogP contribution in [0.1, 0.15) is 24.0 Å². The molecule has 2 rings (SSSR count). The number of carbonyl (C=O) groups is 1. The predicted molar refractivity (Wildman–Crippen MR) is 111 cm³/mol. The van der Waals surface area contributed by atoms with Crippen LogP contribution < -0.4 is 10.6 Å². The number of nitrogens with one attached hydrogen (secondary N) is 2. The third-order valence-electron chi connectivity index (χ3n) is 3.95. The first kappa shape index (κ1) is 20.8.